The summed E-state index contributed by atoms with van der Waals surface area (Å²) in [6.45, 7) is 8.13. The van der Waals surface area contributed by atoms with Gasteiger partial charge < -0.3 is 4.90 Å². The molecule has 2 nitrogen and oxygen atoms in total. The van der Waals surface area contributed by atoms with E-state index in [-0.39, 0.29) is 0 Å². The van der Waals surface area contributed by atoms with E-state index in [0.717, 1.165) is 25.8 Å². The SMILES string of the molecule is CC1(C)CCN(CC2CCCCC2=O)CC1. The number of rotatable bonds is 2. The maximum absolute atomic E-state index is 11.8. The molecule has 1 atom stereocenters. The summed E-state index contributed by atoms with van der Waals surface area (Å²) in [4.78, 5) is 14.3. The zero-order valence-electron chi connectivity index (χ0n) is 10.8. The Hall–Kier alpha value is -0.370. The van der Waals surface area contributed by atoms with Crippen LogP contribution in [0.4, 0.5) is 0 Å². The summed E-state index contributed by atoms with van der Waals surface area (Å²) in [6, 6.07) is 0. The molecule has 2 fully saturated rings. The largest absolute Gasteiger partial charge is 0.303 e. The van der Waals surface area contributed by atoms with E-state index in [1.54, 1.807) is 0 Å². The Kier molecular flexibility index (Phi) is 3.68. The Morgan fingerprint density at radius 1 is 1.25 bits per heavy atom. The zero-order chi connectivity index (χ0) is 11.6. The van der Waals surface area contributed by atoms with Crippen LogP contribution in [0.3, 0.4) is 0 Å². The van der Waals surface area contributed by atoms with Gasteiger partial charge in [0.1, 0.15) is 5.78 Å². The van der Waals surface area contributed by atoms with Gasteiger partial charge >= 0.3 is 0 Å². The molecule has 2 heteroatoms. The van der Waals surface area contributed by atoms with E-state index in [2.05, 4.69) is 18.7 Å². The maximum Gasteiger partial charge on any atom is 0.137 e. The number of hydrogen-bond donors (Lipinski definition) is 0. The molecule has 1 saturated carbocycles. The first kappa shape index (κ1) is 12.1. The lowest BCUT2D eigenvalue weighted by atomic mass is 9.81. The van der Waals surface area contributed by atoms with Crippen molar-refractivity contribution < 1.29 is 4.79 Å². The lowest BCUT2D eigenvalue weighted by Crippen LogP contribution is -2.41. The molecule has 92 valence electrons. The normalized spacial score (nSPS) is 31.6. The molecular formula is C14H25NO. The van der Waals surface area contributed by atoms with Crippen molar-refractivity contribution in [2.45, 2.75) is 52.4 Å². The van der Waals surface area contributed by atoms with Gasteiger partial charge in [0.15, 0.2) is 0 Å². The Labute approximate surface area is 99.4 Å². The summed E-state index contributed by atoms with van der Waals surface area (Å²) in [5, 5.41) is 0. The minimum absolute atomic E-state index is 0.356. The van der Waals surface area contributed by atoms with Crippen molar-refractivity contribution in [3.63, 3.8) is 0 Å². The molecule has 1 unspecified atom stereocenters. The summed E-state index contributed by atoms with van der Waals surface area (Å²) < 4.78 is 0. The van der Waals surface area contributed by atoms with E-state index in [0.29, 0.717) is 17.1 Å². The predicted molar refractivity (Wildman–Crippen MR) is 66.4 cm³/mol. The van der Waals surface area contributed by atoms with Crippen LogP contribution in [-0.4, -0.2) is 30.3 Å². The number of piperidine rings is 1. The number of Topliss-reactive ketones (excluding diaryl/α,β-unsaturated/α-hetero) is 1. The lowest BCUT2D eigenvalue weighted by Gasteiger charge is -2.38. The van der Waals surface area contributed by atoms with E-state index in [4.69, 9.17) is 0 Å². The summed E-state index contributed by atoms with van der Waals surface area (Å²) in [5.74, 6) is 0.881. The van der Waals surface area contributed by atoms with E-state index < -0.39 is 0 Å². The van der Waals surface area contributed by atoms with Crippen molar-refractivity contribution in [3.8, 4) is 0 Å². The fourth-order valence-corrected chi connectivity index (χ4v) is 2.90. The van der Waals surface area contributed by atoms with Crippen LogP contribution in [0.1, 0.15) is 52.4 Å². The van der Waals surface area contributed by atoms with Crippen molar-refractivity contribution in [1.29, 1.82) is 0 Å². The van der Waals surface area contributed by atoms with Crippen molar-refractivity contribution in [2.75, 3.05) is 19.6 Å². The first-order chi connectivity index (χ1) is 7.57. The fraction of sp³-hybridized carbons (Fsp3) is 0.929. The maximum atomic E-state index is 11.8. The predicted octanol–water partition coefficient (Wildman–Crippen LogP) is 2.87. The van der Waals surface area contributed by atoms with Crippen LogP contribution in [0.25, 0.3) is 0 Å². The molecule has 16 heavy (non-hydrogen) atoms. The van der Waals surface area contributed by atoms with E-state index in [1.165, 1.54) is 32.4 Å². The highest BCUT2D eigenvalue weighted by molar-refractivity contribution is 5.81. The Bertz CT molecular complexity index is 249. The third kappa shape index (κ3) is 3.07. The average molecular weight is 223 g/mol. The van der Waals surface area contributed by atoms with Gasteiger partial charge in [-0.25, -0.2) is 0 Å². The van der Waals surface area contributed by atoms with Crippen LogP contribution < -0.4 is 0 Å². The topological polar surface area (TPSA) is 20.3 Å². The minimum Gasteiger partial charge on any atom is -0.303 e. The second kappa shape index (κ2) is 4.87. The number of ketones is 1. The molecule has 2 rings (SSSR count). The van der Waals surface area contributed by atoms with Crippen molar-refractivity contribution in [2.24, 2.45) is 11.3 Å². The highest BCUT2D eigenvalue weighted by Gasteiger charge is 2.29. The molecule has 0 aromatic heterocycles. The first-order valence-corrected chi connectivity index (χ1v) is 6.82. The molecular weight excluding hydrogens is 198 g/mol. The number of likely N-dealkylation sites (tertiary alicyclic amines) is 1. The third-order valence-electron chi connectivity index (χ3n) is 4.37. The molecule has 0 amide bonds. The second-order valence-corrected chi connectivity index (χ2v) is 6.37. The number of nitrogens with zero attached hydrogens (tertiary/aromatic N) is 1. The number of carbonyl (C=O) groups excluding carboxylic acids is 1. The molecule has 0 aromatic rings. The van der Waals surface area contributed by atoms with E-state index in [9.17, 15) is 4.79 Å². The van der Waals surface area contributed by atoms with Crippen molar-refractivity contribution in [3.05, 3.63) is 0 Å². The van der Waals surface area contributed by atoms with Gasteiger partial charge in [0.25, 0.3) is 0 Å². The van der Waals surface area contributed by atoms with Crippen molar-refractivity contribution >= 4 is 5.78 Å². The van der Waals surface area contributed by atoms with Gasteiger partial charge in [-0.15, -0.1) is 0 Å². The molecule has 1 saturated heterocycles. The monoisotopic (exact) mass is 223 g/mol. The van der Waals surface area contributed by atoms with Gasteiger partial charge in [0.05, 0.1) is 0 Å². The molecule has 0 radical (unpaired) electrons. The van der Waals surface area contributed by atoms with Gasteiger partial charge in [0, 0.05) is 18.9 Å². The number of carbonyl (C=O) groups is 1. The fourth-order valence-electron chi connectivity index (χ4n) is 2.90. The first-order valence-electron chi connectivity index (χ1n) is 6.82. The van der Waals surface area contributed by atoms with Gasteiger partial charge in [-0.2, -0.15) is 0 Å². The Morgan fingerprint density at radius 3 is 2.56 bits per heavy atom. The lowest BCUT2D eigenvalue weighted by molar-refractivity contribution is -0.125. The van der Waals surface area contributed by atoms with Gasteiger partial charge in [0.2, 0.25) is 0 Å². The highest BCUT2D eigenvalue weighted by Crippen LogP contribution is 2.31. The molecule has 2 aliphatic rings. The number of hydrogen-bond acceptors (Lipinski definition) is 2. The molecule has 0 N–H and O–H groups in total. The summed E-state index contributed by atoms with van der Waals surface area (Å²) in [7, 11) is 0. The average Bonchev–Trinajstić information content (AvgIpc) is 2.24. The Morgan fingerprint density at radius 2 is 1.94 bits per heavy atom. The van der Waals surface area contributed by atoms with Crippen LogP contribution in [-0.2, 0) is 4.79 Å². The van der Waals surface area contributed by atoms with Crippen LogP contribution in [0.2, 0.25) is 0 Å². The van der Waals surface area contributed by atoms with Crippen LogP contribution >= 0.6 is 0 Å². The smallest absolute Gasteiger partial charge is 0.137 e. The van der Waals surface area contributed by atoms with Crippen LogP contribution in [0.5, 0.6) is 0 Å². The zero-order valence-corrected chi connectivity index (χ0v) is 10.8. The van der Waals surface area contributed by atoms with Gasteiger partial charge in [-0.1, -0.05) is 20.3 Å². The molecule has 0 spiro atoms. The molecule has 1 aliphatic carbocycles. The van der Waals surface area contributed by atoms with E-state index in [1.807, 2.05) is 0 Å². The molecule has 0 bridgehead atoms. The minimum atomic E-state index is 0.356. The Balaban J connectivity index is 1.80. The quantitative estimate of drug-likeness (QED) is 0.717. The molecule has 0 aromatic carbocycles. The molecule has 1 heterocycles. The highest BCUT2D eigenvalue weighted by atomic mass is 16.1. The standard InChI is InChI=1S/C14H25NO/c1-14(2)7-9-15(10-8-14)11-12-5-3-4-6-13(12)16/h12H,3-11H2,1-2H3. The van der Waals surface area contributed by atoms with Crippen LogP contribution in [0, 0.1) is 11.3 Å². The van der Waals surface area contributed by atoms with Crippen molar-refractivity contribution in [1.82, 2.24) is 4.90 Å². The summed E-state index contributed by atoms with van der Waals surface area (Å²) in [5.41, 5.74) is 0.521. The molecule has 1 aliphatic heterocycles. The van der Waals surface area contributed by atoms with Gasteiger partial charge in [-0.05, 0) is 44.2 Å². The van der Waals surface area contributed by atoms with E-state index >= 15 is 0 Å². The van der Waals surface area contributed by atoms with Gasteiger partial charge in [-0.3, -0.25) is 4.79 Å². The van der Waals surface area contributed by atoms with Crippen LogP contribution in [0.15, 0.2) is 0 Å². The third-order valence-corrected chi connectivity index (χ3v) is 4.37. The summed E-state index contributed by atoms with van der Waals surface area (Å²) in [6.07, 6.45) is 6.93. The second-order valence-electron chi connectivity index (χ2n) is 6.37. The summed E-state index contributed by atoms with van der Waals surface area (Å²) >= 11 is 0.